The van der Waals surface area contributed by atoms with Crippen LogP contribution >= 0.6 is 23.2 Å². The molecule has 0 fully saturated rings. The minimum Gasteiger partial charge on any atom is -0.353 e. The van der Waals surface area contributed by atoms with Crippen molar-refractivity contribution in [2.24, 2.45) is 0 Å². The summed E-state index contributed by atoms with van der Waals surface area (Å²) in [6, 6.07) is 4.71. The molecule has 0 aromatic heterocycles. The lowest BCUT2D eigenvalue weighted by Gasteiger charge is -2.03. The Morgan fingerprint density at radius 2 is 1.70 bits per heavy atom. The van der Waals surface area contributed by atoms with Crippen molar-refractivity contribution in [3.05, 3.63) is 40.4 Å². The van der Waals surface area contributed by atoms with Gasteiger partial charge in [0, 0.05) is 34.4 Å². The molecule has 0 heterocycles. The molecule has 1 rings (SSSR count). The Bertz CT molecular complexity index is 496. The van der Waals surface area contributed by atoms with Gasteiger partial charge in [-0.1, -0.05) is 36.5 Å². The van der Waals surface area contributed by atoms with Crippen molar-refractivity contribution in [3.63, 3.8) is 0 Å². The van der Waals surface area contributed by atoms with Crippen LogP contribution in [0.2, 0.25) is 10.0 Å². The summed E-state index contributed by atoms with van der Waals surface area (Å²) in [5.41, 5.74) is 0.476. The van der Waals surface area contributed by atoms with Gasteiger partial charge in [0.2, 0.25) is 11.8 Å². The van der Waals surface area contributed by atoms with E-state index in [1.165, 1.54) is 6.08 Å². The zero-order valence-corrected chi connectivity index (χ0v) is 12.6. The largest absolute Gasteiger partial charge is 0.353 e. The quantitative estimate of drug-likeness (QED) is 0.624. The fourth-order valence-corrected chi connectivity index (χ4v) is 1.93. The molecule has 2 N–H and O–H groups in total. The molecule has 108 valence electrons. The van der Waals surface area contributed by atoms with Crippen molar-refractivity contribution in [1.82, 2.24) is 5.32 Å². The van der Waals surface area contributed by atoms with Crippen LogP contribution in [0.3, 0.4) is 0 Å². The van der Waals surface area contributed by atoms with Crippen LogP contribution in [-0.2, 0) is 9.59 Å². The number of unbranched alkanes of at least 4 members (excludes halogenated alkanes) is 1. The summed E-state index contributed by atoms with van der Waals surface area (Å²) in [6.45, 7) is 2.64. The summed E-state index contributed by atoms with van der Waals surface area (Å²) < 4.78 is 0. The zero-order chi connectivity index (χ0) is 15.0. The third-order valence-corrected chi connectivity index (χ3v) is 2.78. The normalized spacial score (nSPS) is 10.6. The molecule has 0 radical (unpaired) electrons. The van der Waals surface area contributed by atoms with Crippen molar-refractivity contribution in [2.75, 3.05) is 11.9 Å². The van der Waals surface area contributed by atoms with Gasteiger partial charge >= 0.3 is 0 Å². The fourth-order valence-electron chi connectivity index (χ4n) is 1.41. The van der Waals surface area contributed by atoms with Crippen LogP contribution in [0.4, 0.5) is 5.69 Å². The van der Waals surface area contributed by atoms with Gasteiger partial charge in [-0.3, -0.25) is 9.59 Å². The average molecular weight is 315 g/mol. The summed E-state index contributed by atoms with van der Waals surface area (Å²) in [6.07, 6.45) is 4.26. The molecule has 0 aliphatic carbocycles. The van der Waals surface area contributed by atoms with Crippen LogP contribution in [0.1, 0.15) is 19.8 Å². The number of carbonyl (C=O) groups is 2. The summed E-state index contributed by atoms with van der Waals surface area (Å²) in [5, 5.41) is 6.09. The molecule has 0 unspecified atom stereocenters. The standard InChI is InChI=1S/C14H16Cl2N2O2/c1-2-3-6-17-13(19)4-5-14(20)18-12-8-10(15)7-11(16)9-12/h4-5,7-9H,2-3,6H2,1H3,(H,17,19)(H,18,20)/b5-4+. The highest BCUT2D eigenvalue weighted by Crippen LogP contribution is 2.22. The molecule has 1 aromatic carbocycles. The SMILES string of the molecule is CCCCNC(=O)/C=C/C(=O)Nc1cc(Cl)cc(Cl)c1. The van der Waals surface area contributed by atoms with Crippen LogP contribution in [0.25, 0.3) is 0 Å². The summed E-state index contributed by atoms with van der Waals surface area (Å²) in [4.78, 5) is 23.0. The van der Waals surface area contributed by atoms with Gasteiger partial charge in [0.1, 0.15) is 0 Å². The molecule has 20 heavy (non-hydrogen) atoms. The van der Waals surface area contributed by atoms with Gasteiger partial charge in [-0.25, -0.2) is 0 Å². The van der Waals surface area contributed by atoms with E-state index in [4.69, 9.17) is 23.2 Å². The summed E-state index contributed by atoms with van der Waals surface area (Å²) >= 11 is 11.6. The highest BCUT2D eigenvalue weighted by molar-refractivity contribution is 6.35. The predicted octanol–water partition coefficient (Wildman–Crippen LogP) is 3.40. The number of amides is 2. The third-order valence-electron chi connectivity index (χ3n) is 2.35. The number of nitrogens with one attached hydrogen (secondary N) is 2. The number of carbonyl (C=O) groups excluding carboxylic acids is 2. The molecule has 0 aliphatic rings. The highest BCUT2D eigenvalue weighted by Gasteiger charge is 2.02. The topological polar surface area (TPSA) is 58.2 Å². The first-order valence-corrected chi connectivity index (χ1v) is 7.00. The third kappa shape index (κ3) is 6.59. The predicted molar refractivity (Wildman–Crippen MR) is 82.1 cm³/mol. The summed E-state index contributed by atoms with van der Waals surface area (Å²) in [5.74, 6) is -0.716. The molecule has 0 bridgehead atoms. The average Bonchev–Trinajstić information content (AvgIpc) is 2.35. The molecule has 0 saturated carbocycles. The Morgan fingerprint density at radius 1 is 1.10 bits per heavy atom. The Morgan fingerprint density at radius 3 is 2.30 bits per heavy atom. The Labute approximate surface area is 128 Å². The Hall–Kier alpha value is -1.52. The van der Waals surface area contributed by atoms with Crippen molar-refractivity contribution in [1.29, 1.82) is 0 Å². The van der Waals surface area contributed by atoms with Crippen molar-refractivity contribution < 1.29 is 9.59 Å². The molecule has 6 heteroatoms. The van der Waals surface area contributed by atoms with Gasteiger partial charge in [0.25, 0.3) is 0 Å². The minimum absolute atomic E-state index is 0.294. The number of hydrogen-bond acceptors (Lipinski definition) is 2. The van der Waals surface area contributed by atoms with Gasteiger partial charge in [0.05, 0.1) is 0 Å². The molecule has 4 nitrogen and oxygen atoms in total. The zero-order valence-electron chi connectivity index (χ0n) is 11.1. The van der Waals surface area contributed by atoms with Gasteiger partial charge in [0.15, 0.2) is 0 Å². The van der Waals surface area contributed by atoms with E-state index in [0.717, 1.165) is 18.9 Å². The lowest BCUT2D eigenvalue weighted by Crippen LogP contribution is -2.22. The van der Waals surface area contributed by atoms with Gasteiger partial charge in [-0.2, -0.15) is 0 Å². The summed E-state index contributed by atoms with van der Waals surface area (Å²) in [7, 11) is 0. The maximum atomic E-state index is 11.6. The van der Waals surface area contributed by atoms with Crippen molar-refractivity contribution >= 4 is 40.7 Å². The van der Waals surface area contributed by atoms with E-state index in [-0.39, 0.29) is 5.91 Å². The molecule has 2 amide bonds. The second-order valence-electron chi connectivity index (χ2n) is 4.13. The van der Waals surface area contributed by atoms with Crippen LogP contribution in [0.15, 0.2) is 30.4 Å². The molecule has 0 saturated heterocycles. The second kappa shape index (κ2) is 8.61. The number of anilines is 1. The Balaban J connectivity index is 2.48. The van der Waals surface area contributed by atoms with Gasteiger partial charge in [-0.05, 0) is 24.6 Å². The van der Waals surface area contributed by atoms with E-state index in [0.29, 0.717) is 22.3 Å². The first kappa shape index (κ1) is 16.5. The van der Waals surface area contributed by atoms with Crippen LogP contribution < -0.4 is 10.6 Å². The monoisotopic (exact) mass is 314 g/mol. The smallest absolute Gasteiger partial charge is 0.248 e. The first-order valence-electron chi connectivity index (χ1n) is 6.24. The number of rotatable bonds is 6. The fraction of sp³-hybridized carbons (Fsp3) is 0.286. The first-order chi connectivity index (χ1) is 9.51. The van der Waals surface area contributed by atoms with E-state index in [9.17, 15) is 9.59 Å². The maximum Gasteiger partial charge on any atom is 0.248 e. The second-order valence-corrected chi connectivity index (χ2v) is 5.00. The molecular weight excluding hydrogens is 299 g/mol. The number of benzene rings is 1. The van der Waals surface area contributed by atoms with E-state index in [1.807, 2.05) is 6.92 Å². The van der Waals surface area contributed by atoms with Gasteiger partial charge in [-0.15, -0.1) is 0 Å². The molecule has 1 aromatic rings. The maximum absolute atomic E-state index is 11.6. The highest BCUT2D eigenvalue weighted by atomic mass is 35.5. The molecule has 0 spiro atoms. The van der Waals surface area contributed by atoms with Crippen LogP contribution in [-0.4, -0.2) is 18.4 Å². The van der Waals surface area contributed by atoms with Crippen molar-refractivity contribution in [3.8, 4) is 0 Å². The molecular formula is C14H16Cl2N2O2. The lowest BCUT2D eigenvalue weighted by atomic mass is 10.3. The van der Waals surface area contributed by atoms with Crippen molar-refractivity contribution in [2.45, 2.75) is 19.8 Å². The number of halogens is 2. The lowest BCUT2D eigenvalue weighted by molar-refractivity contribution is -0.117. The molecule has 0 atom stereocenters. The van der Waals surface area contributed by atoms with Crippen LogP contribution in [0.5, 0.6) is 0 Å². The van der Waals surface area contributed by atoms with E-state index in [1.54, 1.807) is 18.2 Å². The molecule has 0 aliphatic heterocycles. The van der Waals surface area contributed by atoms with E-state index < -0.39 is 5.91 Å². The number of hydrogen-bond donors (Lipinski definition) is 2. The Kier molecular flexibility index (Phi) is 7.12. The minimum atomic E-state index is -0.422. The van der Waals surface area contributed by atoms with Gasteiger partial charge < -0.3 is 10.6 Å². The van der Waals surface area contributed by atoms with E-state index in [2.05, 4.69) is 10.6 Å². The van der Waals surface area contributed by atoms with E-state index >= 15 is 0 Å². The van der Waals surface area contributed by atoms with Crippen LogP contribution in [0, 0.1) is 0 Å².